The van der Waals surface area contributed by atoms with Crippen LogP contribution >= 0.6 is 12.2 Å². The van der Waals surface area contributed by atoms with Gasteiger partial charge in [0.25, 0.3) is 0 Å². The summed E-state index contributed by atoms with van der Waals surface area (Å²) in [5.41, 5.74) is 3.68. The van der Waals surface area contributed by atoms with Crippen LogP contribution < -0.4 is 15.5 Å². The van der Waals surface area contributed by atoms with Gasteiger partial charge in [-0.3, -0.25) is 5.43 Å². The molecule has 0 spiro atoms. The molecule has 0 radical (unpaired) electrons. The molecule has 1 aromatic carbocycles. The predicted octanol–water partition coefficient (Wildman–Crippen LogP) is 1.53. The monoisotopic (exact) mass is 281 g/mol. The van der Waals surface area contributed by atoms with E-state index in [1.807, 2.05) is 31.2 Å². The fourth-order valence-corrected chi connectivity index (χ4v) is 1.69. The standard InChI is InChI=1S/C13H19N3O2S/c1-10(9-17-2)15-13(19)16-14-8-11-5-4-6-12(7-11)18-3/h4-8,10H,9H2,1-3H3,(H2,15,16,19)/b14-8-/t10-/m0/s1. The van der Waals surface area contributed by atoms with Crippen LogP contribution in [0.4, 0.5) is 0 Å². The minimum absolute atomic E-state index is 0.136. The van der Waals surface area contributed by atoms with E-state index in [1.165, 1.54) is 0 Å². The van der Waals surface area contributed by atoms with Crippen molar-refractivity contribution in [2.45, 2.75) is 13.0 Å². The first-order valence-corrected chi connectivity index (χ1v) is 6.29. The molecular weight excluding hydrogens is 262 g/mol. The number of ether oxygens (including phenoxy) is 2. The molecule has 2 N–H and O–H groups in total. The van der Waals surface area contributed by atoms with Gasteiger partial charge in [-0.15, -0.1) is 0 Å². The molecular formula is C13H19N3O2S. The molecule has 6 heteroatoms. The van der Waals surface area contributed by atoms with Crippen molar-refractivity contribution in [3.63, 3.8) is 0 Å². The van der Waals surface area contributed by atoms with E-state index in [1.54, 1.807) is 20.4 Å². The topological polar surface area (TPSA) is 54.9 Å². The predicted molar refractivity (Wildman–Crippen MR) is 80.8 cm³/mol. The Labute approximate surface area is 119 Å². The first-order chi connectivity index (χ1) is 9.15. The average molecular weight is 281 g/mol. The average Bonchev–Trinajstić information content (AvgIpc) is 2.39. The van der Waals surface area contributed by atoms with E-state index < -0.39 is 0 Å². The Morgan fingerprint density at radius 3 is 2.95 bits per heavy atom. The van der Waals surface area contributed by atoms with Gasteiger partial charge in [0.05, 0.1) is 19.9 Å². The summed E-state index contributed by atoms with van der Waals surface area (Å²) in [5.74, 6) is 0.790. The third-order valence-corrected chi connectivity index (χ3v) is 2.48. The summed E-state index contributed by atoms with van der Waals surface area (Å²) in [4.78, 5) is 0. The zero-order chi connectivity index (χ0) is 14.1. The van der Waals surface area contributed by atoms with E-state index in [0.29, 0.717) is 11.7 Å². The zero-order valence-corrected chi connectivity index (χ0v) is 12.2. The number of thiocarbonyl (C=S) groups is 1. The Morgan fingerprint density at radius 1 is 1.47 bits per heavy atom. The Hall–Kier alpha value is -1.66. The van der Waals surface area contributed by atoms with Gasteiger partial charge in [0.1, 0.15) is 5.75 Å². The maximum absolute atomic E-state index is 5.13. The van der Waals surface area contributed by atoms with Crippen LogP contribution in [0.15, 0.2) is 29.4 Å². The van der Waals surface area contributed by atoms with Crippen molar-refractivity contribution >= 4 is 23.5 Å². The van der Waals surface area contributed by atoms with Gasteiger partial charge in [0, 0.05) is 13.2 Å². The number of nitrogens with one attached hydrogen (secondary N) is 2. The lowest BCUT2D eigenvalue weighted by atomic mass is 10.2. The summed E-state index contributed by atoms with van der Waals surface area (Å²) in [6.07, 6.45) is 1.68. The number of hydrogen-bond acceptors (Lipinski definition) is 4. The van der Waals surface area contributed by atoms with Crippen LogP contribution in [0.1, 0.15) is 12.5 Å². The van der Waals surface area contributed by atoms with Crippen molar-refractivity contribution < 1.29 is 9.47 Å². The molecule has 1 atom stereocenters. The van der Waals surface area contributed by atoms with E-state index in [9.17, 15) is 0 Å². The van der Waals surface area contributed by atoms with Crippen molar-refractivity contribution in [1.29, 1.82) is 0 Å². The van der Waals surface area contributed by atoms with Gasteiger partial charge in [0.15, 0.2) is 5.11 Å². The highest BCUT2D eigenvalue weighted by molar-refractivity contribution is 7.80. The Bertz CT molecular complexity index is 438. The maximum atomic E-state index is 5.13. The smallest absolute Gasteiger partial charge is 0.187 e. The molecule has 0 heterocycles. The highest BCUT2D eigenvalue weighted by Crippen LogP contribution is 2.10. The van der Waals surface area contributed by atoms with Gasteiger partial charge < -0.3 is 14.8 Å². The molecule has 0 aliphatic heterocycles. The van der Waals surface area contributed by atoms with E-state index in [2.05, 4.69) is 15.8 Å². The number of nitrogens with zero attached hydrogens (tertiary/aromatic N) is 1. The molecule has 104 valence electrons. The van der Waals surface area contributed by atoms with Gasteiger partial charge in [0.2, 0.25) is 0 Å². The third kappa shape index (κ3) is 6.17. The molecule has 0 unspecified atom stereocenters. The molecule has 1 aromatic rings. The van der Waals surface area contributed by atoms with Crippen LogP contribution in [0.25, 0.3) is 0 Å². The fourth-order valence-electron chi connectivity index (χ4n) is 1.43. The molecule has 0 bridgehead atoms. The molecule has 1 rings (SSSR count). The summed E-state index contributed by atoms with van der Waals surface area (Å²) in [5, 5.41) is 7.56. The van der Waals surface area contributed by atoms with Crippen LogP contribution in [0.5, 0.6) is 5.75 Å². The molecule has 0 saturated carbocycles. The van der Waals surface area contributed by atoms with Gasteiger partial charge in [-0.2, -0.15) is 5.10 Å². The number of methoxy groups -OCH3 is 2. The fraction of sp³-hybridized carbons (Fsp3) is 0.385. The molecule has 0 aliphatic rings. The summed E-state index contributed by atoms with van der Waals surface area (Å²) >= 11 is 5.09. The summed E-state index contributed by atoms with van der Waals surface area (Å²) in [6.45, 7) is 2.56. The number of benzene rings is 1. The van der Waals surface area contributed by atoms with Gasteiger partial charge in [-0.1, -0.05) is 12.1 Å². The Kier molecular flexibility index (Phi) is 6.84. The molecule has 0 amide bonds. The molecule has 0 saturated heterocycles. The van der Waals surface area contributed by atoms with Gasteiger partial charge >= 0.3 is 0 Å². The van der Waals surface area contributed by atoms with Crippen molar-refractivity contribution in [2.24, 2.45) is 5.10 Å². The van der Waals surface area contributed by atoms with Crippen LogP contribution in [0.2, 0.25) is 0 Å². The van der Waals surface area contributed by atoms with Crippen LogP contribution in [0.3, 0.4) is 0 Å². The highest BCUT2D eigenvalue weighted by Gasteiger charge is 2.01. The van der Waals surface area contributed by atoms with E-state index in [0.717, 1.165) is 11.3 Å². The van der Waals surface area contributed by atoms with Crippen LogP contribution in [-0.2, 0) is 4.74 Å². The lowest BCUT2D eigenvalue weighted by molar-refractivity contribution is 0.179. The summed E-state index contributed by atoms with van der Waals surface area (Å²) in [7, 11) is 3.28. The second kappa shape index (κ2) is 8.44. The van der Waals surface area contributed by atoms with Crippen LogP contribution in [-0.4, -0.2) is 38.2 Å². The quantitative estimate of drug-likeness (QED) is 0.470. The SMILES string of the molecule is COC[C@H](C)NC(=S)N/N=C\c1cccc(OC)c1. The second-order valence-electron chi connectivity index (χ2n) is 3.98. The van der Waals surface area contributed by atoms with Crippen molar-refractivity contribution in [2.75, 3.05) is 20.8 Å². The minimum atomic E-state index is 0.136. The lowest BCUT2D eigenvalue weighted by Crippen LogP contribution is -2.40. The second-order valence-corrected chi connectivity index (χ2v) is 4.38. The molecule has 0 aliphatic carbocycles. The molecule has 5 nitrogen and oxygen atoms in total. The van der Waals surface area contributed by atoms with Crippen molar-refractivity contribution in [3.05, 3.63) is 29.8 Å². The first-order valence-electron chi connectivity index (χ1n) is 5.88. The summed E-state index contributed by atoms with van der Waals surface area (Å²) in [6, 6.07) is 7.73. The number of rotatable bonds is 6. The molecule has 19 heavy (non-hydrogen) atoms. The number of hydrazone groups is 1. The third-order valence-electron chi connectivity index (χ3n) is 2.27. The first kappa shape index (κ1) is 15.4. The van der Waals surface area contributed by atoms with Crippen LogP contribution in [0, 0.1) is 0 Å². The van der Waals surface area contributed by atoms with Crippen molar-refractivity contribution in [1.82, 2.24) is 10.7 Å². The van der Waals surface area contributed by atoms with E-state index >= 15 is 0 Å². The molecule has 0 fully saturated rings. The minimum Gasteiger partial charge on any atom is -0.497 e. The Balaban J connectivity index is 2.42. The van der Waals surface area contributed by atoms with Gasteiger partial charge in [-0.05, 0) is 36.8 Å². The van der Waals surface area contributed by atoms with E-state index in [4.69, 9.17) is 21.7 Å². The molecule has 0 aromatic heterocycles. The maximum Gasteiger partial charge on any atom is 0.187 e. The number of hydrogen-bond donors (Lipinski definition) is 2. The van der Waals surface area contributed by atoms with Gasteiger partial charge in [-0.25, -0.2) is 0 Å². The van der Waals surface area contributed by atoms with E-state index in [-0.39, 0.29) is 6.04 Å². The van der Waals surface area contributed by atoms with Crippen molar-refractivity contribution in [3.8, 4) is 5.75 Å². The normalized spacial score (nSPS) is 12.2. The zero-order valence-electron chi connectivity index (χ0n) is 11.3. The lowest BCUT2D eigenvalue weighted by Gasteiger charge is -2.13. The summed E-state index contributed by atoms with van der Waals surface area (Å²) < 4.78 is 10.1. The Morgan fingerprint density at radius 2 is 2.26 bits per heavy atom. The highest BCUT2D eigenvalue weighted by atomic mass is 32.1. The largest absolute Gasteiger partial charge is 0.497 e.